The van der Waals surface area contributed by atoms with Crippen LogP contribution in [0.4, 0.5) is 4.39 Å². The van der Waals surface area contributed by atoms with Crippen molar-refractivity contribution in [1.82, 2.24) is 0 Å². The number of hydrogen-bond acceptors (Lipinski definition) is 2. The zero-order chi connectivity index (χ0) is 10.7. The van der Waals surface area contributed by atoms with Crippen LogP contribution >= 0.6 is 11.3 Å². The molecule has 3 heteroatoms. The molecule has 0 radical (unpaired) electrons. The predicted molar refractivity (Wildman–Crippen MR) is 61.4 cm³/mol. The molecule has 2 rings (SSSR count). The van der Waals surface area contributed by atoms with Crippen LogP contribution in [-0.4, -0.2) is 0 Å². The molecule has 2 N–H and O–H groups in total. The molecule has 1 heterocycles. The van der Waals surface area contributed by atoms with Crippen LogP contribution in [0.1, 0.15) is 16.5 Å². The molecule has 1 nitrogen and oxygen atoms in total. The van der Waals surface area contributed by atoms with Crippen molar-refractivity contribution >= 4 is 11.3 Å². The topological polar surface area (TPSA) is 26.0 Å². The van der Waals surface area contributed by atoms with Gasteiger partial charge in [-0.3, -0.25) is 0 Å². The van der Waals surface area contributed by atoms with Gasteiger partial charge in [-0.2, -0.15) is 0 Å². The Hall–Kier alpha value is -1.19. The minimum atomic E-state index is -0.205. The Morgan fingerprint density at radius 3 is 2.53 bits per heavy atom. The van der Waals surface area contributed by atoms with Crippen molar-refractivity contribution < 1.29 is 4.39 Å². The molecule has 0 aliphatic heterocycles. The summed E-state index contributed by atoms with van der Waals surface area (Å²) in [6, 6.07) is 10.5. The van der Waals surface area contributed by atoms with Gasteiger partial charge >= 0.3 is 0 Å². The van der Waals surface area contributed by atoms with Crippen LogP contribution in [0.5, 0.6) is 0 Å². The average molecular weight is 221 g/mol. The Morgan fingerprint density at radius 2 is 1.93 bits per heavy atom. The maximum absolute atomic E-state index is 12.7. The second-order valence-electron chi connectivity index (χ2n) is 3.45. The van der Waals surface area contributed by atoms with E-state index in [1.54, 1.807) is 23.5 Å². The van der Waals surface area contributed by atoms with Gasteiger partial charge in [0.1, 0.15) is 5.82 Å². The third kappa shape index (κ3) is 2.64. The van der Waals surface area contributed by atoms with Crippen LogP contribution in [0.25, 0.3) is 0 Å². The van der Waals surface area contributed by atoms with Crippen molar-refractivity contribution in [3.8, 4) is 0 Å². The van der Waals surface area contributed by atoms with Gasteiger partial charge in [-0.15, -0.1) is 11.3 Å². The highest BCUT2D eigenvalue weighted by Gasteiger charge is 2.07. The summed E-state index contributed by atoms with van der Waals surface area (Å²) in [5, 5.41) is 2.01. The number of halogens is 1. The van der Waals surface area contributed by atoms with E-state index in [0.717, 1.165) is 12.0 Å². The molecule has 1 aromatic carbocycles. The third-order valence-corrected chi connectivity index (χ3v) is 3.28. The lowest BCUT2D eigenvalue weighted by Gasteiger charge is -2.09. The zero-order valence-corrected chi connectivity index (χ0v) is 9.01. The highest BCUT2D eigenvalue weighted by Crippen LogP contribution is 2.20. The van der Waals surface area contributed by atoms with E-state index < -0.39 is 0 Å². The molecule has 0 saturated carbocycles. The number of benzene rings is 1. The van der Waals surface area contributed by atoms with Crippen LogP contribution in [0.15, 0.2) is 41.8 Å². The van der Waals surface area contributed by atoms with E-state index in [-0.39, 0.29) is 11.9 Å². The maximum Gasteiger partial charge on any atom is 0.123 e. The van der Waals surface area contributed by atoms with E-state index in [1.807, 2.05) is 17.5 Å². The fraction of sp³-hybridized carbons (Fsp3) is 0.167. The first-order chi connectivity index (χ1) is 7.25. The van der Waals surface area contributed by atoms with Gasteiger partial charge in [0.2, 0.25) is 0 Å². The number of nitrogens with two attached hydrogens (primary N) is 1. The summed E-state index contributed by atoms with van der Waals surface area (Å²) in [6.07, 6.45) is 0.751. The van der Waals surface area contributed by atoms with E-state index in [1.165, 1.54) is 17.0 Å². The zero-order valence-electron chi connectivity index (χ0n) is 8.19. The molecule has 0 spiro atoms. The van der Waals surface area contributed by atoms with Crippen molar-refractivity contribution in [2.75, 3.05) is 0 Å². The molecule has 0 fully saturated rings. The molecule has 78 valence electrons. The first-order valence-electron chi connectivity index (χ1n) is 4.79. The molecule has 0 amide bonds. The predicted octanol–water partition coefficient (Wildman–Crippen LogP) is 3.13. The fourth-order valence-electron chi connectivity index (χ4n) is 1.48. The van der Waals surface area contributed by atoms with E-state index in [2.05, 4.69) is 0 Å². The Balaban J connectivity index is 2.06. The third-order valence-electron chi connectivity index (χ3n) is 2.28. The number of rotatable bonds is 3. The molecule has 0 aliphatic carbocycles. The van der Waals surface area contributed by atoms with E-state index >= 15 is 0 Å². The van der Waals surface area contributed by atoms with Crippen molar-refractivity contribution in [2.45, 2.75) is 12.5 Å². The normalized spacial score (nSPS) is 12.7. The van der Waals surface area contributed by atoms with Gasteiger partial charge in [0.25, 0.3) is 0 Å². The lowest BCUT2D eigenvalue weighted by molar-refractivity contribution is 0.626. The first-order valence-corrected chi connectivity index (χ1v) is 5.67. The lowest BCUT2D eigenvalue weighted by atomic mass is 10.1. The molecule has 0 aliphatic rings. The Labute approximate surface area is 92.4 Å². The summed E-state index contributed by atoms with van der Waals surface area (Å²) >= 11 is 1.65. The van der Waals surface area contributed by atoms with Crippen LogP contribution in [-0.2, 0) is 6.42 Å². The molecule has 2 aromatic rings. The SMILES string of the molecule is N[C@@H](Cc1ccc(F)cc1)c1cccs1. The summed E-state index contributed by atoms with van der Waals surface area (Å²) < 4.78 is 12.7. The number of hydrogen-bond donors (Lipinski definition) is 1. The second-order valence-corrected chi connectivity index (χ2v) is 4.43. The molecule has 0 saturated heterocycles. The largest absolute Gasteiger partial charge is 0.323 e. The molecule has 1 atom stereocenters. The molecular weight excluding hydrogens is 209 g/mol. The highest BCUT2D eigenvalue weighted by molar-refractivity contribution is 7.10. The second kappa shape index (κ2) is 4.55. The smallest absolute Gasteiger partial charge is 0.123 e. The molecule has 15 heavy (non-hydrogen) atoms. The van der Waals surface area contributed by atoms with Crippen molar-refractivity contribution in [3.05, 3.63) is 58.0 Å². The van der Waals surface area contributed by atoms with Crippen LogP contribution in [0, 0.1) is 5.82 Å². The Bertz CT molecular complexity index is 408. The minimum Gasteiger partial charge on any atom is -0.323 e. The summed E-state index contributed by atoms with van der Waals surface area (Å²) in [5.41, 5.74) is 7.09. The van der Waals surface area contributed by atoms with Crippen LogP contribution < -0.4 is 5.73 Å². The van der Waals surface area contributed by atoms with Crippen molar-refractivity contribution in [2.24, 2.45) is 5.73 Å². The van der Waals surface area contributed by atoms with Gasteiger partial charge in [0.05, 0.1) is 0 Å². The maximum atomic E-state index is 12.7. The minimum absolute atomic E-state index is 0.00969. The summed E-state index contributed by atoms with van der Waals surface area (Å²) in [4.78, 5) is 1.17. The van der Waals surface area contributed by atoms with Gasteiger partial charge in [0, 0.05) is 10.9 Å². The first kappa shape index (κ1) is 10.3. The summed E-state index contributed by atoms with van der Waals surface area (Å²) in [6.45, 7) is 0. The average Bonchev–Trinajstić information content (AvgIpc) is 2.74. The fourth-order valence-corrected chi connectivity index (χ4v) is 2.21. The van der Waals surface area contributed by atoms with E-state index in [0.29, 0.717) is 0 Å². The standard InChI is InChI=1S/C12H12FNS/c13-10-5-3-9(4-6-10)8-11(14)12-2-1-7-15-12/h1-7,11H,8,14H2/t11-/m0/s1. The highest BCUT2D eigenvalue weighted by atomic mass is 32.1. The van der Waals surface area contributed by atoms with Crippen molar-refractivity contribution in [1.29, 1.82) is 0 Å². The monoisotopic (exact) mass is 221 g/mol. The number of thiophene rings is 1. The molecule has 0 unspecified atom stereocenters. The van der Waals surface area contributed by atoms with Gasteiger partial charge in [-0.1, -0.05) is 18.2 Å². The lowest BCUT2D eigenvalue weighted by Crippen LogP contribution is -2.11. The van der Waals surface area contributed by atoms with E-state index in [4.69, 9.17) is 5.73 Å². The Kier molecular flexibility index (Phi) is 3.14. The van der Waals surface area contributed by atoms with Gasteiger partial charge in [0.15, 0.2) is 0 Å². The summed E-state index contributed by atoms with van der Waals surface area (Å²) in [7, 11) is 0. The van der Waals surface area contributed by atoms with Gasteiger partial charge in [-0.25, -0.2) is 4.39 Å². The quantitative estimate of drug-likeness (QED) is 0.846. The Morgan fingerprint density at radius 1 is 1.20 bits per heavy atom. The summed E-state index contributed by atoms with van der Waals surface area (Å²) in [5.74, 6) is -0.205. The molecule has 1 aromatic heterocycles. The molecule has 0 bridgehead atoms. The molecular formula is C12H12FNS. The van der Waals surface area contributed by atoms with Crippen LogP contribution in [0.2, 0.25) is 0 Å². The van der Waals surface area contributed by atoms with Crippen molar-refractivity contribution in [3.63, 3.8) is 0 Å². The van der Waals surface area contributed by atoms with Gasteiger partial charge in [-0.05, 0) is 35.6 Å². The van der Waals surface area contributed by atoms with Crippen LogP contribution in [0.3, 0.4) is 0 Å². The van der Waals surface area contributed by atoms with Gasteiger partial charge < -0.3 is 5.73 Å². The van der Waals surface area contributed by atoms with E-state index in [9.17, 15) is 4.39 Å².